The van der Waals surface area contributed by atoms with Gasteiger partial charge in [-0.3, -0.25) is 9.89 Å². The van der Waals surface area contributed by atoms with Crippen molar-refractivity contribution < 1.29 is 0 Å². The van der Waals surface area contributed by atoms with Crippen LogP contribution in [0.25, 0.3) is 0 Å². The van der Waals surface area contributed by atoms with Gasteiger partial charge in [0.15, 0.2) is 5.96 Å². The highest BCUT2D eigenvalue weighted by Crippen LogP contribution is 2.21. The largest absolute Gasteiger partial charge is 0.355 e. The van der Waals surface area contributed by atoms with Crippen LogP contribution in [0.5, 0.6) is 0 Å². The first-order valence-corrected chi connectivity index (χ1v) is 9.64. The lowest BCUT2D eigenvalue weighted by molar-refractivity contribution is 0.156. The molecule has 2 aliphatic rings. The van der Waals surface area contributed by atoms with E-state index in [-0.39, 0.29) is 0 Å². The minimum Gasteiger partial charge on any atom is -0.355 e. The number of nitrogens with zero attached hydrogens (tertiary/aromatic N) is 3. The zero-order chi connectivity index (χ0) is 15.1. The van der Waals surface area contributed by atoms with Crippen LogP contribution in [-0.4, -0.2) is 72.6 Å². The van der Waals surface area contributed by atoms with Gasteiger partial charge in [-0.2, -0.15) is 11.8 Å². The molecular formula is C16H32N4S. The van der Waals surface area contributed by atoms with E-state index in [4.69, 9.17) is 0 Å². The summed E-state index contributed by atoms with van der Waals surface area (Å²) in [6, 6.07) is 0.682. The molecule has 2 fully saturated rings. The van der Waals surface area contributed by atoms with Crippen LogP contribution >= 0.6 is 11.8 Å². The number of hydrogen-bond donors (Lipinski definition) is 1. The first kappa shape index (κ1) is 16.9. The number of aliphatic imine (C=N–C) groups is 1. The lowest BCUT2D eigenvalue weighted by atomic mass is 10.0. The third-order valence-corrected chi connectivity index (χ3v) is 6.13. The highest BCUT2D eigenvalue weighted by molar-refractivity contribution is 8.00. The highest BCUT2D eigenvalue weighted by Gasteiger charge is 2.24. The van der Waals surface area contributed by atoms with Crippen molar-refractivity contribution in [2.75, 3.05) is 45.5 Å². The average Bonchev–Trinajstić information content (AvgIpc) is 2.56. The summed E-state index contributed by atoms with van der Waals surface area (Å²) < 4.78 is 0. The number of likely N-dealkylation sites (tertiary alicyclic amines) is 1. The van der Waals surface area contributed by atoms with Gasteiger partial charge in [0.2, 0.25) is 0 Å². The van der Waals surface area contributed by atoms with Gasteiger partial charge in [-0.25, -0.2) is 0 Å². The summed E-state index contributed by atoms with van der Waals surface area (Å²) in [6.45, 7) is 10.3. The number of hydrogen-bond acceptors (Lipinski definition) is 3. The smallest absolute Gasteiger partial charge is 0.193 e. The Morgan fingerprint density at radius 3 is 2.86 bits per heavy atom. The molecular weight excluding hydrogens is 280 g/mol. The van der Waals surface area contributed by atoms with Crippen LogP contribution in [0, 0.1) is 0 Å². The summed E-state index contributed by atoms with van der Waals surface area (Å²) in [5.74, 6) is 2.33. The second-order valence-corrected chi connectivity index (χ2v) is 7.46. The lowest BCUT2D eigenvalue weighted by Crippen LogP contribution is -2.52. The maximum absolute atomic E-state index is 4.52. The molecule has 122 valence electrons. The maximum Gasteiger partial charge on any atom is 0.193 e. The molecule has 21 heavy (non-hydrogen) atoms. The van der Waals surface area contributed by atoms with Crippen LogP contribution in [0.1, 0.15) is 39.5 Å². The number of thioether (sulfide) groups is 1. The summed E-state index contributed by atoms with van der Waals surface area (Å²) in [4.78, 5) is 9.58. The van der Waals surface area contributed by atoms with Crippen molar-refractivity contribution in [1.29, 1.82) is 0 Å². The fraction of sp³-hybridized carbons (Fsp3) is 0.938. The van der Waals surface area contributed by atoms with Crippen molar-refractivity contribution in [1.82, 2.24) is 15.1 Å². The molecule has 0 bridgehead atoms. The molecule has 0 saturated carbocycles. The summed E-state index contributed by atoms with van der Waals surface area (Å²) in [5, 5.41) is 4.41. The molecule has 0 aromatic carbocycles. The number of nitrogens with one attached hydrogen (secondary N) is 1. The van der Waals surface area contributed by atoms with E-state index in [1.54, 1.807) is 0 Å². The van der Waals surface area contributed by atoms with Crippen molar-refractivity contribution in [3.8, 4) is 0 Å². The van der Waals surface area contributed by atoms with Gasteiger partial charge in [-0.05, 0) is 32.4 Å². The Morgan fingerprint density at radius 1 is 1.29 bits per heavy atom. The van der Waals surface area contributed by atoms with Crippen LogP contribution < -0.4 is 5.32 Å². The summed E-state index contributed by atoms with van der Waals surface area (Å²) in [7, 11) is 1.92. The molecule has 1 N–H and O–H groups in total. The first-order chi connectivity index (χ1) is 10.3. The third-order valence-electron chi connectivity index (χ3n) is 4.76. The fourth-order valence-corrected chi connectivity index (χ4v) is 4.59. The predicted molar refractivity (Wildman–Crippen MR) is 94.4 cm³/mol. The van der Waals surface area contributed by atoms with Crippen LogP contribution in [0.2, 0.25) is 0 Å². The number of piperidine rings is 1. The van der Waals surface area contributed by atoms with Crippen molar-refractivity contribution in [2.45, 2.75) is 50.8 Å². The van der Waals surface area contributed by atoms with Gasteiger partial charge in [0.1, 0.15) is 0 Å². The second kappa shape index (κ2) is 8.89. The van der Waals surface area contributed by atoms with E-state index < -0.39 is 0 Å². The van der Waals surface area contributed by atoms with Crippen molar-refractivity contribution in [3.05, 3.63) is 0 Å². The van der Waals surface area contributed by atoms with Crippen molar-refractivity contribution in [2.24, 2.45) is 4.99 Å². The predicted octanol–water partition coefficient (Wildman–Crippen LogP) is 2.26. The van der Waals surface area contributed by atoms with Crippen molar-refractivity contribution in [3.63, 3.8) is 0 Å². The fourth-order valence-electron chi connectivity index (χ4n) is 3.41. The summed E-state index contributed by atoms with van der Waals surface area (Å²) in [5.41, 5.74) is 0. The molecule has 2 aliphatic heterocycles. The Hall–Kier alpha value is -0.420. The van der Waals surface area contributed by atoms with E-state index in [1.165, 1.54) is 44.5 Å². The Balaban J connectivity index is 1.84. The Kier molecular flexibility index (Phi) is 7.17. The number of rotatable bonds is 4. The average molecular weight is 313 g/mol. The monoisotopic (exact) mass is 312 g/mol. The number of likely N-dealkylation sites (N-methyl/N-ethyl adjacent to an activating group) is 1. The lowest BCUT2D eigenvalue weighted by Gasteiger charge is -2.38. The van der Waals surface area contributed by atoms with E-state index in [2.05, 4.69) is 45.7 Å². The SMILES string of the molecule is CCC1CN(C(=NC)NCC2CCCCN2CC)CCS1. The number of guanidine groups is 1. The maximum atomic E-state index is 4.52. The normalized spacial score (nSPS) is 28.7. The van der Waals surface area contributed by atoms with E-state index in [1.807, 2.05) is 7.05 Å². The van der Waals surface area contributed by atoms with E-state index in [0.29, 0.717) is 6.04 Å². The molecule has 0 aliphatic carbocycles. The molecule has 2 rings (SSSR count). The zero-order valence-corrected chi connectivity index (χ0v) is 14.8. The summed E-state index contributed by atoms with van der Waals surface area (Å²) in [6.07, 6.45) is 5.32. The standard InChI is InChI=1S/C16H32N4S/c1-4-15-13-20(10-11-21-15)16(17-3)18-12-14-8-6-7-9-19(14)5-2/h14-15H,4-13H2,1-3H3,(H,17,18). The van der Waals surface area contributed by atoms with Crippen molar-refractivity contribution >= 4 is 17.7 Å². The van der Waals surface area contributed by atoms with Gasteiger partial charge in [-0.15, -0.1) is 0 Å². The zero-order valence-electron chi connectivity index (χ0n) is 14.0. The van der Waals surface area contributed by atoms with Gasteiger partial charge < -0.3 is 10.2 Å². The molecule has 2 atom stereocenters. The molecule has 4 nitrogen and oxygen atoms in total. The van der Waals surface area contributed by atoms with Gasteiger partial charge in [-0.1, -0.05) is 20.3 Å². The van der Waals surface area contributed by atoms with Gasteiger partial charge in [0.25, 0.3) is 0 Å². The summed E-state index contributed by atoms with van der Waals surface area (Å²) >= 11 is 2.11. The molecule has 5 heteroatoms. The van der Waals surface area contributed by atoms with E-state index >= 15 is 0 Å². The Labute approximate surface area is 134 Å². The second-order valence-electron chi connectivity index (χ2n) is 6.05. The molecule has 2 heterocycles. The third kappa shape index (κ3) is 4.78. The first-order valence-electron chi connectivity index (χ1n) is 8.59. The molecule has 0 radical (unpaired) electrons. The molecule has 0 aromatic heterocycles. The van der Waals surface area contributed by atoms with Crippen LogP contribution in [0.15, 0.2) is 4.99 Å². The van der Waals surface area contributed by atoms with Gasteiger partial charge in [0, 0.05) is 43.7 Å². The van der Waals surface area contributed by atoms with Gasteiger partial charge in [0.05, 0.1) is 0 Å². The van der Waals surface area contributed by atoms with Gasteiger partial charge >= 0.3 is 0 Å². The van der Waals surface area contributed by atoms with Crippen LogP contribution in [0.4, 0.5) is 0 Å². The molecule has 2 unspecified atom stereocenters. The van der Waals surface area contributed by atoms with E-state index in [0.717, 1.165) is 30.8 Å². The Morgan fingerprint density at radius 2 is 2.14 bits per heavy atom. The minimum atomic E-state index is 0.682. The Bertz CT molecular complexity index is 334. The minimum absolute atomic E-state index is 0.682. The quantitative estimate of drug-likeness (QED) is 0.637. The van der Waals surface area contributed by atoms with E-state index in [9.17, 15) is 0 Å². The highest BCUT2D eigenvalue weighted by atomic mass is 32.2. The molecule has 2 saturated heterocycles. The topological polar surface area (TPSA) is 30.9 Å². The van der Waals surface area contributed by atoms with Crippen LogP contribution in [0.3, 0.4) is 0 Å². The molecule has 0 spiro atoms. The molecule has 0 aromatic rings. The van der Waals surface area contributed by atoms with Crippen LogP contribution in [-0.2, 0) is 0 Å². The molecule has 0 amide bonds.